The van der Waals surface area contributed by atoms with Crippen LogP contribution in [0, 0.1) is 30.6 Å². The van der Waals surface area contributed by atoms with Crippen LogP contribution in [0.4, 0.5) is 5.69 Å². The fourth-order valence-corrected chi connectivity index (χ4v) is 6.37. The van der Waals surface area contributed by atoms with Crippen molar-refractivity contribution in [3.05, 3.63) is 53.3 Å². The standard InChI is InChI=1S/C36H45NO12/c1-15-10-9-11-16(2)35(46)37-22-14-24(40)25-26(31(22)44)30(43)20(6)33-27(25)34(45)36(8,49-33)47-13-12-23(39)17(3)32(48-21(7)38)19(5)29(42)18(4)28(15)41/h9-15,17-19,23,28-29,32,39-44H,1-8H3,(H,37,46)/t15-,17+,18+,19+,23-,28-,29+,32+,36-/m0/s1. The molecule has 7 N–H and O–H groups in total. The largest absolute Gasteiger partial charge is 0.507 e. The summed E-state index contributed by atoms with van der Waals surface area (Å²) < 4.78 is 17.1. The quantitative estimate of drug-likeness (QED) is 0.129. The first-order valence-corrected chi connectivity index (χ1v) is 16.0. The molecule has 5 bridgehead atoms. The maximum atomic E-state index is 13.8. The van der Waals surface area contributed by atoms with E-state index < -0.39 is 88.8 Å². The van der Waals surface area contributed by atoms with Gasteiger partial charge in [-0.3, -0.25) is 14.4 Å². The summed E-state index contributed by atoms with van der Waals surface area (Å²) in [6, 6.07) is 1.04. The molecule has 49 heavy (non-hydrogen) atoms. The Kier molecular flexibility index (Phi) is 10.7. The number of aromatic hydroxyl groups is 3. The molecule has 3 aliphatic heterocycles. The number of ketones is 1. The molecule has 0 fully saturated rings. The molecule has 9 atom stereocenters. The van der Waals surface area contributed by atoms with Crippen molar-refractivity contribution in [1.82, 2.24) is 0 Å². The number of carbonyl (C=O) groups is 3. The van der Waals surface area contributed by atoms with Gasteiger partial charge in [0, 0.05) is 60.1 Å². The number of rotatable bonds is 1. The minimum Gasteiger partial charge on any atom is -0.507 e. The first-order valence-electron chi connectivity index (χ1n) is 16.0. The van der Waals surface area contributed by atoms with Crippen LogP contribution in [0.25, 0.3) is 10.8 Å². The molecule has 266 valence electrons. The van der Waals surface area contributed by atoms with Gasteiger partial charge in [-0.1, -0.05) is 45.9 Å². The Morgan fingerprint density at radius 2 is 1.57 bits per heavy atom. The number of aliphatic hydroxyl groups excluding tert-OH is 3. The van der Waals surface area contributed by atoms with E-state index in [9.17, 15) is 45.0 Å². The molecule has 5 rings (SSSR count). The van der Waals surface area contributed by atoms with Gasteiger partial charge in [-0.05, 0) is 19.9 Å². The number of esters is 1. The first-order chi connectivity index (χ1) is 22.8. The number of allylic oxidation sites excluding steroid dienone is 2. The molecule has 1 amide bonds. The van der Waals surface area contributed by atoms with E-state index in [0.29, 0.717) is 0 Å². The van der Waals surface area contributed by atoms with E-state index in [2.05, 4.69) is 5.32 Å². The van der Waals surface area contributed by atoms with Gasteiger partial charge in [0.25, 0.3) is 11.7 Å². The molecular formula is C36H45NO12. The summed E-state index contributed by atoms with van der Waals surface area (Å²) in [5.41, 5.74) is -0.184. The highest BCUT2D eigenvalue weighted by molar-refractivity contribution is 6.21. The monoisotopic (exact) mass is 683 g/mol. The summed E-state index contributed by atoms with van der Waals surface area (Å²) in [5.74, 6) is -8.64. The number of hydrogen-bond acceptors (Lipinski definition) is 12. The Morgan fingerprint density at radius 1 is 0.918 bits per heavy atom. The van der Waals surface area contributed by atoms with E-state index in [1.165, 1.54) is 39.8 Å². The Balaban J connectivity index is 1.85. The molecule has 0 radical (unpaired) electrons. The average Bonchev–Trinajstić information content (AvgIpc) is 3.31. The van der Waals surface area contributed by atoms with E-state index in [0.717, 1.165) is 12.3 Å². The second-order valence-electron chi connectivity index (χ2n) is 13.2. The van der Waals surface area contributed by atoms with Crippen molar-refractivity contribution < 1.29 is 59.2 Å². The lowest BCUT2D eigenvalue weighted by atomic mass is 9.78. The first kappa shape index (κ1) is 37.2. The predicted octanol–water partition coefficient (Wildman–Crippen LogP) is 4.10. The van der Waals surface area contributed by atoms with E-state index in [4.69, 9.17) is 14.2 Å². The van der Waals surface area contributed by atoms with Crippen molar-refractivity contribution in [2.75, 3.05) is 5.32 Å². The molecule has 0 saturated heterocycles. The maximum absolute atomic E-state index is 13.8. The Labute approximate surface area is 284 Å². The zero-order valence-electron chi connectivity index (χ0n) is 28.7. The van der Waals surface area contributed by atoms with Gasteiger partial charge in [0.05, 0.1) is 41.2 Å². The van der Waals surface area contributed by atoms with E-state index in [-0.39, 0.29) is 38.9 Å². The predicted molar refractivity (Wildman–Crippen MR) is 179 cm³/mol. The molecule has 0 aromatic heterocycles. The van der Waals surface area contributed by atoms with Crippen molar-refractivity contribution in [3.63, 3.8) is 0 Å². The summed E-state index contributed by atoms with van der Waals surface area (Å²) in [6.07, 6.45) is 2.36. The van der Waals surface area contributed by atoms with Gasteiger partial charge in [-0.15, -0.1) is 0 Å². The Morgan fingerprint density at radius 3 is 2.20 bits per heavy atom. The lowest BCUT2D eigenvalue weighted by molar-refractivity contribution is -0.159. The number of amides is 1. The number of phenolic OH excluding ortho intramolecular Hbond substituents is 3. The van der Waals surface area contributed by atoms with Crippen LogP contribution in [0.5, 0.6) is 23.0 Å². The van der Waals surface area contributed by atoms with Gasteiger partial charge in [0.2, 0.25) is 0 Å². The minimum absolute atomic E-state index is 0.0491. The van der Waals surface area contributed by atoms with Gasteiger partial charge in [-0.25, -0.2) is 0 Å². The second kappa shape index (κ2) is 14.1. The summed E-state index contributed by atoms with van der Waals surface area (Å²) in [5, 5.41) is 68.9. The van der Waals surface area contributed by atoms with E-state index in [1.54, 1.807) is 39.8 Å². The van der Waals surface area contributed by atoms with Crippen molar-refractivity contribution in [1.29, 1.82) is 0 Å². The van der Waals surface area contributed by atoms with Crippen LogP contribution in [0.15, 0.2) is 42.2 Å². The number of hydrogen-bond donors (Lipinski definition) is 7. The number of ether oxygens (including phenoxy) is 3. The molecule has 3 heterocycles. The molecule has 2 aromatic rings. The zero-order chi connectivity index (χ0) is 36.7. The number of fused-ring (bicyclic) bond motifs is 14. The fourth-order valence-electron chi connectivity index (χ4n) is 6.37. The number of Topliss-reactive ketones (excluding diaryl/α,β-unsaturated/α-hetero) is 1. The SMILES string of the molecule is CC(=O)O[C@H]1[C@H](C)[C@H](O)[C@H](C)[C@@H](O)[C@@H](C)C=CC=C(C)C(=O)Nc2cc(O)c3c4c(c(C)c(O)c3c2O)O[C@](C)(OC=C[C@H](O)[C@H]1C)C4=O. The van der Waals surface area contributed by atoms with Crippen molar-refractivity contribution in [3.8, 4) is 23.0 Å². The van der Waals surface area contributed by atoms with Crippen molar-refractivity contribution >= 4 is 34.1 Å². The highest BCUT2D eigenvalue weighted by Gasteiger charge is 2.49. The average molecular weight is 684 g/mol. The zero-order valence-corrected chi connectivity index (χ0v) is 28.7. The molecule has 0 spiro atoms. The smallest absolute Gasteiger partial charge is 0.312 e. The fraction of sp³-hybridized carbons (Fsp3) is 0.472. The molecule has 13 nitrogen and oxygen atoms in total. The number of anilines is 1. The number of nitrogens with one attached hydrogen (secondary N) is 1. The number of aliphatic hydroxyl groups is 3. The summed E-state index contributed by atoms with van der Waals surface area (Å²) in [7, 11) is 0. The van der Waals surface area contributed by atoms with Crippen molar-refractivity contribution in [2.45, 2.75) is 85.6 Å². The van der Waals surface area contributed by atoms with Crippen LogP contribution in [0.1, 0.15) is 64.4 Å². The molecule has 3 aliphatic rings. The normalized spacial score (nSPS) is 31.3. The van der Waals surface area contributed by atoms with Crippen LogP contribution in [-0.4, -0.2) is 78.5 Å². The maximum Gasteiger partial charge on any atom is 0.312 e. The Hall–Kier alpha value is -4.59. The molecule has 0 saturated carbocycles. The van der Waals surface area contributed by atoms with E-state index >= 15 is 0 Å². The van der Waals surface area contributed by atoms with Crippen LogP contribution in [-0.2, 0) is 19.1 Å². The topological polar surface area (TPSA) is 212 Å². The number of benzene rings is 2. The Bertz CT molecular complexity index is 1750. The van der Waals surface area contributed by atoms with Gasteiger partial charge in [0.1, 0.15) is 23.4 Å². The summed E-state index contributed by atoms with van der Waals surface area (Å²) in [4.78, 5) is 39.0. The number of phenols is 3. The van der Waals surface area contributed by atoms with Crippen LogP contribution in [0.2, 0.25) is 0 Å². The van der Waals surface area contributed by atoms with Gasteiger partial charge < -0.3 is 50.2 Å². The lowest BCUT2D eigenvalue weighted by Gasteiger charge is -2.37. The molecule has 13 heteroatoms. The number of carbonyl (C=O) groups excluding carboxylic acids is 3. The second-order valence-corrected chi connectivity index (χ2v) is 13.2. The molecule has 0 unspecified atom stereocenters. The molecule has 0 aliphatic carbocycles. The summed E-state index contributed by atoms with van der Waals surface area (Å²) >= 11 is 0. The van der Waals surface area contributed by atoms with Gasteiger partial charge in [-0.2, -0.15) is 0 Å². The van der Waals surface area contributed by atoms with Crippen molar-refractivity contribution in [2.24, 2.45) is 23.7 Å². The summed E-state index contributed by atoms with van der Waals surface area (Å²) in [6.45, 7) is 12.0. The minimum atomic E-state index is -2.04. The molecule has 2 aromatic carbocycles. The molecular weight excluding hydrogens is 638 g/mol. The van der Waals surface area contributed by atoms with Gasteiger partial charge >= 0.3 is 11.8 Å². The third-order valence-corrected chi connectivity index (χ3v) is 9.59. The third-order valence-electron chi connectivity index (χ3n) is 9.59. The lowest BCUT2D eigenvalue weighted by Crippen LogP contribution is -2.46. The van der Waals surface area contributed by atoms with E-state index in [1.807, 2.05) is 0 Å². The highest BCUT2D eigenvalue weighted by atomic mass is 16.7. The van der Waals surface area contributed by atoms with Gasteiger partial charge in [0.15, 0.2) is 5.75 Å². The third kappa shape index (κ3) is 6.96. The van der Waals surface area contributed by atoms with Crippen LogP contribution in [0.3, 0.4) is 0 Å². The van der Waals surface area contributed by atoms with Crippen LogP contribution < -0.4 is 10.1 Å². The van der Waals surface area contributed by atoms with Crippen LogP contribution >= 0.6 is 0 Å². The highest BCUT2D eigenvalue weighted by Crippen LogP contribution is 2.53.